The number of aromatic nitrogens is 2. The molecule has 0 atom stereocenters. The quantitative estimate of drug-likeness (QED) is 0.820. The van der Waals surface area contributed by atoms with E-state index < -0.39 is 11.9 Å². The van der Waals surface area contributed by atoms with Crippen LogP contribution < -0.4 is 0 Å². The van der Waals surface area contributed by atoms with E-state index in [4.69, 9.17) is 0 Å². The second-order valence-electron chi connectivity index (χ2n) is 4.48. The molecule has 0 aliphatic rings. The van der Waals surface area contributed by atoms with Crippen molar-refractivity contribution >= 4 is 0 Å². The van der Waals surface area contributed by atoms with Crippen LogP contribution in [0.4, 0.5) is 13.2 Å². The zero-order valence-electron chi connectivity index (χ0n) is 10.8. The number of rotatable bonds is 3. The third-order valence-corrected chi connectivity index (χ3v) is 2.96. The third kappa shape index (κ3) is 2.97. The van der Waals surface area contributed by atoms with Crippen molar-refractivity contribution in [3.05, 3.63) is 41.6 Å². The van der Waals surface area contributed by atoms with Crippen molar-refractivity contribution in [3.8, 4) is 11.3 Å². The van der Waals surface area contributed by atoms with Gasteiger partial charge in [0.15, 0.2) is 5.69 Å². The summed E-state index contributed by atoms with van der Waals surface area (Å²) in [7, 11) is 1.52. The number of hydrogen-bond acceptors (Lipinski definition) is 1. The Morgan fingerprint density at radius 2 is 1.79 bits per heavy atom. The third-order valence-electron chi connectivity index (χ3n) is 2.96. The maximum absolute atomic E-state index is 12.6. The number of alkyl halides is 3. The minimum absolute atomic E-state index is 0.468. The van der Waals surface area contributed by atoms with Crippen LogP contribution in [0.2, 0.25) is 0 Å². The van der Waals surface area contributed by atoms with E-state index in [1.165, 1.54) is 17.3 Å². The van der Waals surface area contributed by atoms with Crippen LogP contribution in [0.1, 0.15) is 24.6 Å². The predicted molar refractivity (Wildman–Crippen MR) is 67.6 cm³/mol. The topological polar surface area (TPSA) is 17.8 Å². The summed E-state index contributed by atoms with van der Waals surface area (Å²) in [6.45, 7) is 2.09. The largest absolute Gasteiger partial charge is 0.435 e. The van der Waals surface area contributed by atoms with E-state index in [0.29, 0.717) is 5.69 Å². The van der Waals surface area contributed by atoms with Crippen molar-refractivity contribution in [2.24, 2.45) is 7.05 Å². The first-order chi connectivity index (χ1) is 8.91. The van der Waals surface area contributed by atoms with Crippen molar-refractivity contribution < 1.29 is 13.2 Å². The normalized spacial score (nSPS) is 11.8. The summed E-state index contributed by atoms with van der Waals surface area (Å²) in [6, 6.07) is 8.64. The number of nitrogens with zero attached hydrogens (tertiary/aromatic N) is 2. The molecule has 1 heterocycles. The van der Waals surface area contributed by atoms with Crippen LogP contribution in [0, 0.1) is 0 Å². The maximum Gasteiger partial charge on any atom is 0.435 e. The van der Waals surface area contributed by atoms with Crippen LogP contribution in [0.5, 0.6) is 0 Å². The Bertz CT molecular complexity index is 553. The van der Waals surface area contributed by atoms with Gasteiger partial charge in [0.1, 0.15) is 0 Å². The van der Waals surface area contributed by atoms with Crippen LogP contribution in [0.25, 0.3) is 11.3 Å². The highest BCUT2D eigenvalue weighted by atomic mass is 19.4. The minimum Gasteiger partial charge on any atom is -0.267 e. The fraction of sp³-hybridized carbons (Fsp3) is 0.357. The Kier molecular flexibility index (Phi) is 3.64. The van der Waals surface area contributed by atoms with E-state index in [0.717, 1.165) is 24.5 Å². The zero-order chi connectivity index (χ0) is 14.0. The molecule has 0 N–H and O–H groups in total. The Hall–Kier alpha value is -1.78. The number of benzene rings is 1. The Labute approximate surface area is 109 Å². The molecule has 0 radical (unpaired) electrons. The van der Waals surface area contributed by atoms with E-state index in [9.17, 15) is 13.2 Å². The lowest BCUT2D eigenvalue weighted by atomic mass is 10.1. The lowest BCUT2D eigenvalue weighted by molar-refractivity contribution is -0.141. The van der Waals surface area contributed by atoms with E-state index in [1.54, 1.807) is 0 Å². The lowest BCUT2D eigenvalue weighted by Crippen LogP contribution is -2.06. The van der Waals surface area contributed by atoms with Gasteiger partial charge in [0.05, 0.1) is 5.69 Å². The first-order valence-corrected chi connectivity index (χ1v) is 6.12. The standard InChI is InChI=1S/C14H15F3N2/c1-3-4-10-5-7-11(8-6-10)12-9-13(14(15,16)17)18-19(12)2/h5-9H,3-4H2,1-2H3. The summed E-state index contributed by atoms with van der Waals surface area (Å²) in [5.41, 5.74) is 1.54. The van der Waals surface area contributed by atoms with Crippen molar-refractivity contribution in [2.75, 3.05) is 0 Å². The summed E-state index contributed by atoms with van der Waals surface area (Å²) in [5.74, 6) is 0. The molecular weight excluding hydrogens is 253 g/mol. The molecule has 0 bridgehead atoms. The van der Waals surface area contributed by atoms with Gasteiger partial charge >= 0.3 is 6.18 Å². The molecule has 0 saturated heterocycles. The molecule has 102 valence electrons. The molecule has 2 aromatic rings. The van der Waals surface area contributed by atoms with Gasteiger partial charge in [-0.3, -0.25) is 4.68 Å². The van der Waals surface area contributed by atoms with Crippen LogP contribution in [0.15, 0.2) is 30.3 Å². The highest BCUT2D eigenvalue weighted by molar-refractivity contribution is 5.60. The molecule has 2 nitrogen and oxygen atoms in total. The molecule has 2 rings (SSSR count). The monoisotopic (exact) mass is 268 g/mol. The van der Waals surface area contributed by atoms with Gasteiger partial charge in [0.2, 0.25) is 0 Å². The van der Waals surface area contributed by atoms with E-state index in [-0.39, 0.29) is 0 Å². The summed E-state index contributed by atoms with van der Waals surface area (Å²) in [6.07, 6.45) is -2.39. The Morgan fingerprint density at radius 1 is 1.16 bits per heavy atom. The minimum atomic E-state index is -4.40. The Balaban J connectivity index is 2.34. The van der Waals surface area contributed by atoms with Gasteiger partial charge in [-0.25, -0.2) is 0 Å². The van der Waals surface area contributed by atoms with E-state index in [1.807, 2.05) is 24.3 Å². The molecular formula is C14H15F3N2. The maximum atomic E-state index is 12.6. The fourth-order valence-electron chi connectivity index (χ4n) is 2.01. The number of halogens is 3. The smallest absolute Gasteiger partial charge is 0.267 e. The highest BCUT2D eigenvalue weighted by Gasteiger charge is 2.34. The van der Waals surface area contributed by atoms with Gasteiger partial charge in [0, 0.05) is 7.05 Å². The van der Waals surface area contributed by atoms with Gasteiger partial charge < -0.3 is 0 Å². The molecule has 1 aromatic carbocycles. The van der Waals surface area contributed by atoms with Gasteiger partial charge in [-0.1, -0.05) is 37.6 Å². The average Bonchev–Trinajstić information content (AvgIpc) is 2.73. The molecule has 0 amide bonds. The van der Waals surface area contributed by atoms with Crippen molar-refractivity contribution in [2.45, 2.75) is 25.9 Å². The molecule has 1 aromatic heterocycles. The summed E-state index contributed by atoms with van der Waals surface area (Å²) >= 11 is 0. The fourth-order valence-corrected chi connectivity index (χ4v) is 2.01. The predicted octanol–water partition coefficient (Wildman–Crippen LogP) is 4.06. The molecule has 5 heteroatoms. The lowest BCUT2D eigenvalue weighted by Gasteiger charge is -2.03. The number of hydrogen-bond donors (Lipinski definition) is 0. The van der Waals surface area contributed by atoms with Crippen molar-refractivity contribution in [1.29, 1.82) is 0 Å². The first-order valence-electron chi connectivity index (χ1n) is 6.12. The van der Waals surface area contributed by atoms with Crippen LogP contribution in [-0.4, -0.2) is 9.78 Å². The van der Waals surface area contributed by atoms with E-state index >= 15 is 0 Å². The Morgan fingerprint density at radius 3 is 2.26 bits per heavy atom. The molecule has 19 heavy (non-hydrogen) atoms. The van der Waals surface area contributed by atoms with Gasteiger partial charge in [-0.05, 0) is 23.6 Å². The van der Waals surface area contributed by atoms with Crippen molar-refractivity contribution in [1.82, 2.24) is 9.78 Å². The molecule has 0 spiro atoms. The van der Waals surface area contributed by atoms with Gasteiger partial charge in [0.25, 0.3) is 0 Å². The van der Waals surface area contributed by atoms with Gasteiger partial charge in [-0.15, -0.1) is 0 Å². The summed E-state index contributed by atoms with van der Waals surface area (Å²) in [5, 5.41) is 3.51. The van der Waals surface area contributed by atoms with Crippen LogP contribution in [0.3, 0.4) is 0 Å². The zero-order valence-corrected chi connectivity index (χ0v) is 10.8. The first kappa shape index (κ1) is 13.6. The summed E-state index contributed by atoms with van der Waals surface area (Å²) < 4.78 is 39.0. The molecule has 0 saturated carbocycles. The molecule has 0 aliphatic heterocycles. The summed E-state index contributed by atoms with van der Waals surface area (Å²) in [4.78, 5) is 0. The van der Waals surface area contributed by atoms with Gasteiger partial charge in [-0.2, -0.15) is 18.3 Å². The number of aryl methyl sites for hydroxylation is 2. The molecule has 0 aliphatic carbocycles. The highest BCUT2D eigenvalue weighted by Crippen LogP contribution is 2.31. The van der Waals surface area contributed by atoms with E-state index in [2.05, 4.69) is 12.0 Å². The second-order valence-corrected chi connectivity index (χ2v) is 4.48. The molecule has 0 fully saturated rings. The van der Waals surface area contributed by atoms with Crippen LogP contribution in [-0.2, 0) is 19.6 Å². The average molecular weight is 268 g/mol. The van der Waals surface area contributed by atoms with Crippen LogP contribution >= 0.6 is 0 Å². The second kappa shape index (κ2) is 5.07. The van der Waals surface area contributed by atoms with Crippen molar-refractivity contribution in [3.63, 3.8) is 0 Å². The molecule has 0 unspecified atom stereocenters. The SMILES string of the molecule is CCCc1ccc(-c2cc(C(F)(F)F)nn2C)cc1.